The van der Waals surface area contributed by atoms with E-state index in [1.54, 1.807) is 17.8 Å². The molecule has 1 aliphatic heterocycles. The van der Waals surface area contributed by atoms with E-state index in [0.29, 0.717) is 12.1 Å². The molecule has 2 unspecified atom stereocenters. The summed E-state index contributed by atoms with van der Waals surface area (Å²) in [5.41, 5.74) is 4.15. The molecular formula is C25H26N4O3. The van der Waals surface area contributed by atoms with Crippen LogP contribution in [0.2, 0.25) is 0 Å². The Hall–Kier alpha value is -3.48. The van der Waals surface area contributed by atoms with Gasteiger partial charge in [-0.25, -0.2) is 9.78 Å². The van der Waals surface area contributed by atoms with E-state index in [4.69, 9.17) is 9.73 Å². The van der Waals surface area contributed by atoms with Crippen LogP contribution in [0.25, 0.3) is 11.0 Å². The van der Waals surface area contributed by atoms with E-state index < -0.39 is 0 Å². The number of aromatic nitrogens is 2. The summed E-state index contributed by atoms with van der Waals surface area (Å²) in [6.45, 7) is 0.259. The third kappa shape index (κ3) is 3.90. The lowest BCUT2D eigenvalue weighted by atomic mass is 9.81. The zero-order valence-corrected chi connectivity index (χ0v) is 18.1. The molecule has 0 radical (unpaired) electrons. The molecule has 1 saturated carbocycles. The Morgan fingerprint density at radius 1 is 1.19 bits per heavy atom. The summed E-state index contributed by atoms with van der Waals surface area (Å²) >= 11 is 0. The molecule has 0 bridgehead atoms. The summed E-state index contributed by atoms with van der Waals surface area (Å²) < 4.78 is 7.00. The van der Waals surface area contributed by atoms with Crippen LogP contribution in [0.5, 0.6) is 0 Å². The van der Waals surface area contributed by atoms with E-state index in [9.17, 15) is 9.59 Å². The van der Waals surface area contributed by atoms with Crippen LogP contribution in [0.1, 0.15) is 36.8 Å². The lowest BCUT2D eigenvalue weighted by Crippen LogP contribution is -2.40. The number of hydrogen-bond donors (Lipinski definition) is 1. The molecule has 5 rings (SSSR count). The molecule has 2 atom stereocenters. The van der Waals surface area contributed by atoms with Crippen LogP contribution in [0, 0.1) is 5.92 Å². The third-order valence-electron chi connectivity index (χ3n) is 6.50. The molecule has 2 aromatic heterocycles. The summed E-state index contributed by atoms with van der Waals surface area (Å²) in [6, 6.07) is 13.6. The molecule has 1 amide bonds. The predicted molar refractivity (Wildman–Crippen MR) is 123 cm³/mol. The van der Waals surface area contributed by atoms with E-state index in [1.165, 1.54) is 0 Å². The monoisotopic (exact) mass is 430 g/mol. The Kier molecular flexibility index (Phi) is 5.47. The van der Waals surface area contributed by atoms with Gasteiger partial charge in [0.25, 0.3) is 5.56 Å². The maximum Gasteiger partial charge on any atom is 0.407 e. The Bertz CT molecular complexity index is 1250. The first kappa shape index (κ1) is 20.4. The Morgan fingerprint density at radius 3 is 2.88 bits per heavy atom. The van der Waals surface area contributed by atoms with Crippen LogP contribution in [-0.4, -0.2) is 27.4 Å². The second-order valence-corrected chi connectivity index (χ2v) is 8.61. The van der Waals surface area contributed by atoms with Crippen LogP contribution in [0.3, 0.4) is 0 Å². The highest BCUT2D eigenvalue weighted by atomic mass is 16.5. The average molecular weight is 431 g/mol. The number of rotatable bonds is 4. The molecule has 3 aromatic rings. The zero-order chi connectivity index (χ0) is 22.1. The number of benzene rings is 1. The van der Waals surface area contributed by atoms with Gasteiger partial charge in [0.2, 0.25) is 0 Å². The topological polar surface area (TPSA) is 85.6 Å². The Labute approximate surface area is 186 Å². The SMILES string of the molecule is Cn1c(=O)c2c(c3cccnc31)N=C(C1CCCC(NC(=O)OCc3ccccc3)C1)C2. The van der Waals surface area contributed by atoms with Gasteiger partial charge < -0.3 is 10.1 Å². The lowest BCUT2D eigenvalue weighted by Gasteiger charge is -2.29. The van der Waals surface area contributed by atoms with Gasteiger partial charge in [0, 0.05) is 42.4 Å². The predicted octanol–water partition coefficient (Wildman–Crippen LogP) is 4.05. The number of aryl methyl sites for hydroxylation is 1. The van der Waals surface area contributed by atoms with Crippen LogP contribution in [0.15, 0.2) is 58.4 Å². The molecule has 1 aliphatic carbocycles. The molecule has 0 spiro atoms. The maximum atomic E-state index is 12.9. The minimum Gasteiger partial charge on any atom is -0.445 e. The largest absolute Gasteiger partial charge is 0.445 e. The zero-order valence-electron chi connectivity index (χ0n) is 18.1. The van der Waals surface area contributed by atoms with E-state index in [-0.39, 0.29) is 30.2 Å². The number of hydrogen-bond acceptors (Lipinski definition) is 5. The molecular weight excluding hydrogens is 404 g/mol. The number of pyridine rings is 2. The third-order valence-corrected chi connectivity index (χ3v) is 6.50. The average Bonchev–Trinajstić information content (AvgIpc) is 3.28. The smallest absolute Gasteiger partial charge is 0.407 e. The second-order valence-electron chi connectivity index (χ2n) is 8.61. The number of alkyl carbamates (subject to hydrolysis) is 1. The summed E-state index contributed by atoms with van der Waals surface area (Å²) in [5.74, 6) is 0.243. The van der Waals surface area contributed by atoms with Crippen molar-refractivity contribution in [2.45, 2.75) is 44.8 Å². The van der Waals surface area contributed by atoms with Gasteiger partial charge in [0.05, 0.1) is 5.69 Å². The molecule has 1 N–H and O–H groups in total. The van der Waals surface area contributed by atoms with Crippen molar-refractivity contribution < 1.29 is 9.53 Å². The lowest BCUT2D eigenvalue weighted by molar-refractivity contribution is 0.132. The molecule has 2 aliphatic rings. The van der Waals surface area contributed by atoms with E-state index >= 15 is 0 Å². The molecule has 7 heteroatoms. The van der Waals surface area contributed by atoms with E-state index in [0.717, 1.165) is 53.6 Å². The Morgan fingerprint density at radius 2 is 2.03 bits per heavy atom. The minimum atomic E-state index is -0.387. The van der Waals surface area contributed by atoms with Gasteiger partial charge >= 0.3 is 6.09 Å². The number of nitrogens with zero attached hydrogens (tertiary/aromatic N) is 3. The highest BCUT2D eigenvalue weighted by Gasteiger charge is 2.31. The van der Waals surface area contributed by atoms with Crippen molar-refractivity contribution >= 4 is 28.5 Å². The molecule has 7 nitrogen and oxygen atoms in total. The summed E-state index contributed by atoms with van der Waals surface area (Å²) in [6.07, 6.45) is 5.63. The molecule has 0 saturated heterocycles. The number of fused-ring (bicyclic) bond motifs is 3. The quantitative estimate of drug-likeness (QED) is 0.677. The normalized spacial score (nSPS) is 20.0. The molecule has 1 fully saturated rings. The van der Waals surface area contributed by atoms with Crippen molar-refractivity contribution in [1.82, 2.24) is 14.9 Å². The van der Waals surface area contributed by atoms with Crippen LogP contribution in [-0.2, 0) is 24.8 Å². The van der Waals surface area contributed by atoms with Gasteiger partial charge in [-0.3, -0.25) is 14.4 Å². The number of carbonyl (C=O) groups is 1. The van der Waals surface area contributed by atoms with Gasteiger partial charge in [0.15, 0.2) is 0 Å². The fourth-order valence-electron chi connectivity index (χ4n) is 4.85. The van der Waals surface area contributed by atoms with Gasteiger partial charge in [-0.1, -0.05) is 36.8 Å². The van der Waals surface area contributed by atoms with Gasteiger partial charge in [0.1, 0.15) is 12.3 Å². The number of ether oxygens (including phenoxy) is 1. The van der Waals surface area contributed by atoms with Crippen LogP contribution >= 0.6 is 0 Å². The fourth-order valence-corrected chi connectivity index (χ4v) is 4.85. The van der Waals surface area contributed by atoms with Crippen molar-refractivity contribution in [3.63, 3.8) is 0 Å². The second kappa shape index (κ2) is 8.57. The molecule has 32 heavy (non-hydrogen) atoms. The standard InChI is InChI=1S/C25H26N4O3/c1-29-23-19(11-6-12-26-23)22-20(24(29)30)14-21(28-22)17-9-5-10-18(13-17)27-25(31)32-15-16-7-3-2-4-8-16/h2-4,6-8,11-12,17-18H,5,9-10,13-15H2,1H3,(H,27,31). The highest BCUT2D eigenvalue weighted by molar-refractivity contribution is 6.02. The van der Waals surface area contributed by atoms with Crippen LogP contribution in [0.4, 0.5) is 10.5 Å². The van der Waals surface area contributed by atoms with Crippen molar-refractivity contribution in [3.8, 4) is 0 Å². The van der Waals surface area contributed by atoms with Crippen LogP contribution < -0.4 is 10.9 Å². The van der Waals surface area contributed by atoms with Gasteiger partial charge in [-0.2, -0.15) is 0 Å². The van der Waals surface area contributed by atoms with Crippen molar-refractivity contribution in [1.29, 1.82) is 0 Å². The first-order valence-corrected chi connectivity index (χ1v) is 11.1. The fraction of sp³-hybridized carbons (Fsp3) is 0.360. The van der Waals surface area contributed by atoms with E-state index in [2.05, 4.69) is 10.3 Å². The highest BCUT2D eigenvalue weighted by Crippen LogP contribution is 2.36. The summed E-state index contributed by atoms with van der Waals surface area (Å²) in [4.78, 5) is 34.5. The van der Waals surface area contributed by atoms with Crippen molar-refractivity contribution in [2.24, 2.45) is 18.0 Å². The first-order chi connectivity index (χ1) is 15.6. The van der Waals surface area contributed by atoms with Crippen molar-refractivity contribution in [2.75, 3.05) is 0 Å². The molecule has 3 heterocycles. The summed E-state index contributed by atoms with van der Waals surface area (Å²) in [7, 11) is 1.76. The minimum absolute atomic E-state index is 0.0278. The number of amides is 1. The van der Waals surface area contributed by atoms with Gasteiger partial charge in [-0.05, 0) is 42.9 Å². The first-order valence-electron chi connectivity index (χ1n) is 11.1. The Balaban J connectivity index is 1.27. The van der Waals surface area contributed by atoms with Gasteiger partial charge in [-0.15, -0.1) is 0 Å². The van der Waals surface area contributed by atoms with E-state index in [1.807, 2.05) is 42.5 Å². The molecule has 1 aromatic carbocycles. The number of carbonyl (C=O) groups excluding carboxylic acids is 1. The molecule has 164 valence electrons. The number of aliphatic imine (C=N–C) groups is 1. The van der Waals surface area contributed by atoms with Crippen molar-refractivity contribution in [3.05, 3.63) is 70.1 Å². The number of nitrogens with one attached hydrogen (secondary N) is 1. The maximum absolute atomic E-state index is 12.9. The summed E-state index contributed by atoms with van der Waals surface area (Å²) in [5, 5.41) is 3.93.